The van der Waals surface area contributed by atoms with Gasteiger partial charge in [-0.15, -0.1) is 0 Å². The van der Waals surface area contributed by atoms with Gasteiger partial charge >= 0.3 is 0 Å². The highest BCUT2D eigenvalue weighted by Gasteiger charge is 2.24. The van der Waals surface area contributed by atoms with Crippen molar-refractivity contribution in [1.82, 2.24) is 15.2 Å². The minimum Gasteiger partial charge on any atom is -0.468 e. The van der Waals surface area contributed by atoms with E-state index in [1.165, 1.54) is 31.5 Å². The van der Waals surface area contributed by atoms with Crippen molar-refractivity contribution >= 4 is 0 Å². The fourth-order valence-electron chi connectivity index (χ4n) is 2.80. The highest BCUT2D eigenvalue weighted by atomic mass is 16.3. The summed E-state index contributed by atoms with van der Waals surface area (Å²) < 4.78 is 5.62. The van der Waals surface area contributed by atoms with Gasteiger partial charge in [-0.3, -0.25) is 9.88 Å². The van der Waals surface area contributed by atoms with Crippen LogP contribution in [0.4, 0.5) is 0 Å². The van der Waals surface area contributed by atoms with Crippen molar-refractivity contribution in [1.29, 1.82) is 0 Å². The van der Waals surface area contributed by atoms with Crippen LogP contribution in [0.5, 0.6) is 0 Å². The van der Waals surface area contributed by atoms with E-state index < -0.39 is 0 Å². The quantitative estimate of drug-likeness (QED) is 0.877. The first-order chi connectivity index (χ1) is 9.93. The van der Waals surface area contributed by atoms with Crippen molar-refractivity contribution in [3.63, 3.8) is 0 Å². The summed E-state index contributed by atoms with van der Waals surface area (Å²) in [4.78, 5) is 6.65. The second-order valence-corrected chi connectivity index (χ2v) is 5.27. The zero-order valence-electron chi connectivity index (χ0n) is 11.7. The Morgan fingerprint density at radius 3 is 2.85 bits per heavy atom. The Morgan fingerprint density at radius 2 is 2.15 bits per heavy atom. The maximum absolute atomic E-state index is 5.62. The molecule has 0 radical (unpaired) electrons. The van der Waals surface area contributed by atoms with E-state index in [1.807, 2.05) is 18.3 Å². The third-order valence-corrected chi connectivity index (χ3v) is 3.84. The van der Waals surface area contributed by atoms with Gasteiger partial charge in [-0.25, -0.2) is 0 Å². The first kappa shape index (κ1) is 13.3. The number of pyridine rings is 1. The molecule has 4 heteroatoms. The zero-order valence-corrected chi connectivity index (χ0v) is 11.7. The maximum Gasteiger partial charge on any atom is 0.122 e. The fourth-order valence-corrected chi connectivity index (χ4v) is 2.80. The van der Waals surface area contributed by atoms with Gasteiger partial charge in [0.25, 0.3) is 0 Å². The molecule has 1 fully saturated rings. The molecule has 0 saturated carbocycles. The summed E-state index contributed by atoms with van der Waals surface area (Å²) in [5, 5.41) is 3.53. The standard InChI is InChI=1S/C16H21N3O/c1-2-9-19(8-1)15(16-6-4-10-20-16)13-18-12-14-5-3-7-17-11-14/h3-7,10-11,15,18H,1-2,8-9,12-13H2. The van der Waals surface area contributed by atoms with Crippen LogP contribution >= 0.6 is 0 Å². The van der Waals surface area contributed by atoms with Crippen LogP contribution in [-0.4, -0.2) is 29.5 Å². The van der Waals surface area contributed by atoms with Gasteiger partial charge in [0.1, 0.15) is 5.76 Å². The van der Waals surface area contributed by atoms with Gasteiger partial charge in [0.2, 0.25) is 0 Å². The highest BCUT2D eigenvalue weighted by molar-refractivity contribution is 5.09. The second-order valence-electron chi connectivity index (χ2n) is 5.27. The SMILES string of the molecule is c1cncc(CNCC(c2ccco2)N2CCCC2)c1. The van der Waals surface area contributed by atoms with Crippen molar-refractivity contribution in [2.24, 2.45) is 0 Å². The predicted molar refractivity (Wildman–Crippen MR) is 78.2 cm³/mol. The fraction of sp³-hybridized carbons (Fsp3) is 0.438. The number of likely N-dealkylation sites (tertiary alicyclic amines) is 1. The Balaban J connectivity index is 1.59. The lowest BCUT2D eigenvalue weighted by Gasteiger charge is -2.26. The molecular weight excluding hydrogens is 250 g/mol. The van der Waals surface area contributed by atoms with Crippen LogP contribution in [0, 0.1) is 0 Å². The number of hydrogen-bond donors (Lipinski definition) is 1. The van der Waals surface area contributed by atoms with Gasteiger partial charge in [-0.1, -0.05) is 6.07 Å². The Bertz CT molecular complexity index is 492. The second kappa shape index (κ2) is 6.68. The lowest BCUT2D eigenvalue weighted by Crippen LogP contribution is -2.33. The van der Waals surface area contributed by atoms with Crippen LogP contribution in [0.25, 0.3) is 0 Å². The van der Waals surface area contributed by atoms with Crippen molar-refractivity contribution in [2.45, 2.75) is 25.4 Å². The molecule has 0 aromatic carbocycles. The molecule has 2 aromatic rings. The van der Waals surface area contributed by atoms with Gasteiger partial charge in [0.15, 0.2) is 0 Å². The van der Waals surface area contributed by atoms with Crippen molar-refractivity contribution in [3.05, 3.63) is 54.2 Å². The minimum atomic E-state index is 0.337. The molecule has 106 valence electrons. The molecule has 1 unspecified atom stereocenters. The molecule has 0 amide bonds. The highest BCUT2D eigenvalue weighted by Crippen LogP contribution is 2.24. The first-order valence-corrected chi connectivity index (χ1v) is 7.30. The number of rotatable bonds is 6. The molecule has 0 bridgehead atoms. The van der Waals surface area contributed by atoms with Crippen LogP contribution in [0.15, 0.2) is 47.3 Å². The summed E-state index contributed by atoms with van der Waals surface area (Å²) in [6.07, 6.45) is 8.06. The van der Waals surface area contributed by atoms with Gasteiger partial charge in [0.05, 0.1) is 12.3 Å². The van der Waals surface area contributed by atoms with Gasteiger partial charge in [0, 0.05) is 25.5 Å². The number of nitrogens with zero attached hydrogens (tertiary/aromatic N) is 2. The number of nitrogens with one attached hydrogen (secondary N) is 1. The largest absolute Gasteiger partial charge is 0.468 e. The summed E-state index contributed by atoms with van der Waals surface area (Å²) in [5.74, 6) is 1.06. The average molecular weight is 271 g/mol. The van der Waals surface area contributed by atoms with Crippen molar-refractivity contribution in [3.8, 4) is 0 Å². The van der Waals surface area contributed by atoms with Crippen LogP contribution in [0.3, 0.4) is 0 Å². The summed E-state index contributed by atoms with van der Waals surface area (Å²) in [6.45, 7) is 4.08. The molecule has 1 aliphatic heterocycles. The van der Waals surface area contributed by atoms with Crippen LogP contribution in [0.2, 0.25) is 0 Å². The molecular formula is C16H21N3O. The Kier molecular flexibility index (Phi) is 4.46. The molecule has 2 aromatic heterocycles. The van der Waals surface area contributed by atoms with Crippen molar-refractivity contribution < 1.29 is 4.42 Å². The van der Waals surface area contributed by atoms with Crippen LogP contribution in [-0.2, 0) is 6.54 Å². The number of hydrogen-bond acceptors (Lipinski definition) is 4. The maximum atomic E-state index is 5.62. The van der Waals surface area contributed by atoms with Crippen LogP contribution in [0.1, 0.15) is 30.2 Å². The van der Waals surface area contributed by atoms with E-state index >= 15 is 0 Å². The molecule has 3 rings (SSSR count). The molecule has 20 heavy (non-hydrogen) atoms. The van der Waals surface area contributed by atoms with E-state index in [0.717, 1.165) is 18.8 Å². The molecule has 1 atom stereocenters. The van der Waals surface area contributed by atoms with Gasteiger partial charge in [-0.2, -0.15) is 0 Å². The smallest absolute Gasteiger partial charge is 0.122 e. The molecule has 1 N–H and O–H groups in total. The van der Waals surface area contributed by atoms with E-state index in [-0.39, 0.29) is 0 Å². The number of furan rings is 1. The monoisotopic (exact) mass is 271 g/mol. The predicted octanol–water partition coefficient (Wildman–Crippen LogP) is 2.60. The van der Waals surface area contributed by atoms with E-state index in [4.69, 9.17) is 4.42 Å². The normalized spacial score (nSPS) is 17.4. The number of aromatic nitrogens is 1. The van der Waals surface area contributed by atoms with Gasteiger partial charge in [-0.05, 0) is 49.7 Å². The topological polar surface area (TPSA) is 41.3 Å². The lowest BCUT2D eigenvalue weighted by molar-refractivity contribution is 0.209. The third-order valence-electron chi connectivity index (χ3n) is 3.84. The molecule has 0 aliphatic carbocycles. The molecule has 1 saturated heterocycles. The minimum absolute atomic E-state index is 0.337. The molecule has 3 heterocycles. The Hall–Kier alpha value is -1.65. The molecule has 0 spiro atoms. The van der Waals surface area contributed by atoms with E-state index in [1.54, 1.807) is 12.5 Å². The van der Waals surface area contributed by atoms with Crippen LogP contribution < -0.4 is 5.32 Å². The van der Waals surface area contributed by atoms with Crippen molar-refractivity contribution in [2.75, 3.05) is 19.6 Å². The molecule has 4 nitrogen and oxygen atoms in total. The zero-order chi connectivity index (χ0) is 13.6. The summed E-state index contributed by atoms with van der Waals surface area (Å²) in [6, 6.07) is 8.46. The lowest BCUT2D eigenvalue weighted by atomic mass is 10.2. The summed E-state index contributed by atoms with van der Waals surface area (Å²) in [7, 11) is 0. The first-order valence-electron chi connectivity index (χ1n) is 7.30. The Morgan fingerprint density at radius 1 is 1.25 bits per heavy atom. The van der Waals surface area contributed by atoms with E-state index in [9.17, 15) is 0 Å². The van der Waals surface area contributed by atoms with Gasteiger partial charge < -0.3 is 9.73 Å². The Labute approximate surface area is 119 Å². The average Bonchev–Trinajstić information content (AvgIpc) is 3.18. The van der Waals surface area contributed by atoms with E-state index in [0.29, 0.717) is 6.04 Å². The summed E-state index contributed by atoms with van der Waals surface area (Å²) in [5.41, 5.74) is 1.21. The summed E-state index contributed by atoms with van der Waals surface area (Å²) >= 11 is 0. The van der Waals surface area contributed by atoms with E-state index in [2.05, 4.69) is 27.3 Å². The molecule has 1 aliphatic rings. The third kappa shape index (κ3) is 3.26.